The van der Waals surface area contributed by atoms with E-state index >= 15 is 0 Å². The number of H-pyrrole nitrogens is 1. The van der Waals surface area contributed by atoms with E-state index in [0.29, 0.717) is 24.2 Å². The summed E-state index contributed by atoms with van der Waals surface area (Å²) in [4.78, 5) is 19.5. The standard InChI is InChI=1S/C21H19N5O/c1-15-6-2-3-7-17(15)13-26(14-18-8-4-5-11-22-18)21(27)16-9-10-19-20(12-16)24-25-23-19/h2-12H,13-14H2,1H3,(H,23,24,25). The lowest BCUT2D eigenvalue weighted by Crippen LogP contribution is -2.30. The Hall–Kier alpha value is -3.54. The first-order valence-corrected chi connectivity index (χ1v) is 8.75. The van der Waals surface area contributed by atoms with E-state index in [0.717, 1.165) is 22.3 Å². The lowest BCUT2D eigenvalue weighted by molar-refractivity contribution is 0.0728. The molecule has 6 heteroatoms. The van der Waals surface area contributed by atoms with Gasteiger partial charge in [0, 0.05) is 18.3 Å². The van der Waals surface area contributed by atoms with Crippen LogP contribution in [0.1, 0.15) is 27.2 Å². The summed E-state index contributed by atoms with van der Waals surface area (Å²) in [5, 5.41) is 10.7. The molecule has 2 heterocycles. The number of nitrogens with zero attached hydrogens (tertiary/aromatic N) is 4. The molecule has 2 aromatic carbocycles. The lowest BCUT2D eigenvalue weighted by Gasteiger charge is -2.23. The quantitative estimate of drug-likeness (QED) is 0.593. The fraction of sp³-hybridized carbons (Fsp3) is 0.143. The number of pyridine rings is 1. The topological polar surface area (TPSA) is 74.8 Å². The van der Waals surface area contributed by atoms with E-state index in [9.17, 15) is 4.79 Å². The Labute approximate surface area is 156 Å². The maximum Gasteiger partial charge on any atom is 0.254 e. The number of nitrogens with one attached hydrogen (secondary N) is 1. The van der Waals surface area contributed by atoms with Gasteiger partial charge in [0.05, 0.1) is 12.2 Å². The van der Waals surface area contributed by atoms with Crippen LogP contribution >= 0.6 is 0 Å². The molecule has 134 valence electrons. The van der Waals surface area contributed by atoms with E-state index in [4.69, 9.17) is 0 Å². The number of hydrogen-bond acceptors (Lipinski definition) is 4. The average Bonchev–Trinajstić information content (AvgIpc) is 3.17. The van der Waals surface area contributed by atoms with Crippen molar-refractivity contribution < 1.29 is 4.79 Å². The normalized spacial score (nSPS) is 10.9. The fourth-order valence-electron chi connectivity index (χ4n) is 3.04. The van der Waals surface area contributed by atoms with Gasteiger partial charge in [-0.1, -0.05) is 30.3 Å². The Kier molecular flexibility index (Phi) is 4.61. The first-order chi connectivity index (χ1) is 13.2. The molecule has 0 unspecified atom stereocenters. The van der Waals surface area contributed by atoms with Crippen LogP contribution in [0.2, 0.25) is 0 Å². The van der Waals surface area contributed by atoms with E-state index in [1.165, 1.54) is 0 Å². The third kappa shape index (κ3) is 3.69. The Bertz CT molecular complexity index is 1070. The third-order valence-electron chi connectivity index (χ3n) is 4.55. The number of aromatic nitrogens is 4. The molecule has 1 amide bonds. The minimum absolute atomic E-state index is 0.0613. The number of hydrogen-bond donors (Lipinski definition) is 1. The molecule has 4 aromatic rings. The first kappa shape index (κ1) is 16.9. The highest BCUT2D eigenvalue weighted by Crippen LogP contribution is 2.18. The van der Waals surface area contributed by atoms with Gasteiger partial charge in [-0.25, -0.2) is 0 Å². The van der Waals surface area contributed by atoms with E-state index in [2.05, 4.69) is 39.5 Å². The molecule has 0 aliphatic heterocycles. The van der Waals surface area contributed by atoms with E-state index in [1.54, 1.807) is 24.4 Å². The summed E-state index contributed by atoms with van der Waals surface area (Å²) < 4.78 is 0. The number of carbonyl (C=O) groups excluding carboxylic acids is 1. The summed E-state index contributed by atoms with van der Waals surface area (Å²) in [5.41, 5.74) is 5.12. The smallest absolute Gasteiger partial charge is 0.254 e. The maximum atomic E-state index is 13.3. The van der Waals surface area contributed by atoms with Crippen molar-refractivity contribution in [3.63, 3.8) is 0 Å². The molecule has 2 aromatic heterocycles. The Morgan fingerprint density at radius 1 is 0.963 bits per heavy atom. The van der Waals surface area contributed by atoms with Gasteiger partial charge in [-0.3, -0.25) is 9.78 Å². The molecule has 0 radical (unpaired) electrons. The number of aromatic amines is 1. The number of amides is 1. The van der Waals surface area contributed by atoms with Crippen LogP contribution in [0.15, 0.2) is 66.9 Å². The van der Waals surface area contributed by atoms with Crippen molar-refractivity contribution in [2.45, 2.75) is 20.0 Å². The minimum Gasteiger partial charge on any atom is -0.328 e. The van der Waals surface area contributed by atoms with Gasteiger partial charge in [0.15, 0.2) is 0 Å². The largest absolute Gasteiger partial charge is 0.328 e. The van der Waals surface area contributed by atoms with Gasteiger partial charge in [-0.2, -0.15) is 15.4 Å². The summed E-state index contributed by atoms with van der Waals surface area (Å²) in [6, 6.07) is 19.2. The lowest BCUT2D eigenvalue weighted by atomic mass is 10.1. The summed E-state index contributed by atoms with van der Waals surface area (Å²) in [6.07, 6.45) is 1.74. The van der Waals surface area contributed by atoms with Crippen molar-refractivity contribution in [1.29, 1.82) is 0 Å². The van der Waals surface area contributed by atoms with Crippen molar-refractivity contribution >= 4 is 16.9 Å². The zero-order valence-corrected chi connectivity index (χ0v) is 15.0. The Morgan fingerprint density at radius 2 is 1.78 bits per heavy atom. The second-order valence-electron chi connectivity index (χ2n) is 6.44. The van der Waals surface area contributed by atoms with Gasteiger partial charge in [-0.15, -0.1) is 0 Å². The SMILES string of the molecule is Cc1ccccc1CN(Cc1ccccn1)C(=O)c1ccc2n[nH]nc2c1. The first-order valence-electron chi connectivity index (χ1n) is 8.75. The highest BCUT2D eigenvalue weighted by Gasteiger charge is 2.19. The molecule has 0 saturated carbocycles. The van der Waals surface area contributed by atoms with Crippen LogP contribution in [0.4, 0.5) is 0 Å². The third-order valence-corrected chi connectivity index (χ3v) is 4.55. The van der Waals surface area contributed by atoms with Crippen LogP contribution < -0.4 is 0 Å². The number of aryl methyl sites for hydroxylation is 1. The van der Waals surface area contributed by atoms with E-state index in [-0.39, 0.29) is 5.91 Å². The van der Waals surface area contributed by atoms with Crippen molar-refractivity contribution in [2.24, 2.45) is 0 Å². The van der Waals surface area contributed by atoms with Crippen LogP contribution in [0.5, 0.6) is 0 Å². The van der Waals surface area contributed by atoms with Crippen LogP contribution in [0, 0.1) is 6.92 Å². The van der Waals surface area contributed by atoms with Gasteiger partial charge < -0.3 is 4.90 Å². The highest BCUT2D eigenvalue weighted by atomic mass is 16.2. The van der Waals surface area contributed by atoms with E-state index in [1.807, 2.05) is 35.2 Å². The molecular formula is C21H19N5O. The molecule has 1 N–H and O–H groups in total. The van der Waals surface area contributed by atoms with Crippen LogP contribution in [-0.2, 0) is 13.1 Å². The van der Waals surface area contributed by atoms with Crippen molar-refractivity contribution in [2.75, 3.05) is 0 Å². The van der Waals surface area contributed by atoms with Crippen molar-refractivity contribution in [3.05, 3.63) is 89.2 Å². The second-order valence-corrected chi connectivity index (χ2v) is 6.44. The molecular weight excluding hydrogens is 338 g/mol. The molecule has 27 heavy (non-hydrogen) atoms. The molecule has 0 spiro atoms. The number of fused-ring (bicyclic) bond motifs is 1. The number of rotatable bonds is 5. The number of benzene rings is 2. The number of carbonyl (C=O) groups is 1. The summed E-state index contributed by atoms with van der Waals surface area (Å²) in [5.74, 6) is -0.0613. The van der Waals surface area contributed by atoms with Crippen molar-refractivity contribution in [1.82, 2.24) is 25.3 Å². The van der Waals surface area contributed by atoms with Gasteiger partial charge in [0.25, 0.3) is 5.91 Å². The van der Waals surface area contributed by atoms with Crippen LogP contribution in [0.3, 0.4) is 0 Å². The summed E-state index contributed by atoms with van der Waals surface area (Å²) in [7, 11) is 0. The summed E-state index contributed by atoms with van der Waals surface area (Å²) >= 11 is 0. The average molecular weight is 357 g/mol. The molecule has 0 aliphatic rings. The molecule has 4 rings (SSSR count). The van der Waals surface area contributed by atoms with Gasteiger partial charge in [0.1, 0.15) is 11.0 Å². The van der Waals surface area contributed by atoms with Gasteiger partial charge in [0.2, 0.25) is 0 Å². The highest BCUT2D eigenvalue weighted by molar-refractivity contribution is 5.97. The fourth-order valence-corrected chi connectivity index (χ4v) is 3.04. The maximum absolute atomic E-state index is 13.3. The summed E-state index contributed by atoms with van der Waals surface area (Å²) in [6.45, 7) is 3.00. The minimum atomic E-state index is -0.0613. The molecule has 6 nitrogen and oxygen atoms in total. The zero-order valence-electron chi connectivity index (χ0n) is 15.0. The Morgan fingerprint density at radius 3 is 2.59 bits per heavy atom. The van der Waals surface area contributed by atoms with Crippen molar-refractivity contribution in [3.8, 4) is 0 Å². The monoisotopic (exact) mass is 357 g/mol. The van der Waals surface area contributed by atoms with Gasteiger partial charge >= 0.3 is 0 Å². The molecule has 0 saturated heterocycles. The molecule has 0 bridgehead atoms. The predicted octanol–water partition coefficient (Wildman–Crippen LogP) is 3.50. The predicted molar refractivity (Wildman–Crippen MR) is 103 cm³/mol. The molecule has 0 aliphatic carbocycles. The second kappa shape index (κ2) is 7.37. The molecule has 0 fully saturated rings. The van der Waals surface area contributed by atoms with E-state index < -0.39 is 0 Å². The van der Waals surface area contributed by atoms with Crippen LogP contribution in [0.25, 0.3) is 11.0 Å². The van der Waals surface area contributed by atoms with Gasteiger partial charge in [-0.05, 0) is 48.4 Å². The molecule has 0 atom stereocenters. The zero-order chi connectivity index (χ0) is 18.6. The van der Waals surface area contributed by atoms with Crippen LogP contribution in [-0.4, -0.2) is 31.2 Å². The Balaban J connectivity index is 1.67.